The minimum atomic E-state index is -4.42. The maximum atomic E-state index is 12.5. The highest BCUT2D eigenvalue weighted by Crippen LogP contribution is 2.29. The summed E-state index contributed by atoms with van der Waals surface area (Å²) >= 11 is 0. The van der Waals surface area contributed by atoms with Gasteiger partial charge in [0.15, 0.2) is 0 Å². The zero-order valence-corrected chi connectivity index (χ0v) is 11.5. The van der Waals surface area contributed by atoms with Crippen molar-refractivity contribution in [2.24, 2.45) is 5.92 Å². The van der Waals surface area contributed by atoms with Crippen LogP contribution in [0.5, 0.6) is 0 Å². The van der Waals surface area contributed by atoms with Crippen molar-refractivity contribution in [3.05, 3.63) is 35.4 Å². The molecule has 0 saturated heterocycles. The number of hydrogen-bond acceptors (Lipinski definition) is 2. The molecule has 1 aromatic carbocycles. The lowest BCUT2D eigenvalue weighted by Gasteiger charge is -2.08. The van der Waals surface area contributed by atoms with E-state index in [9.17, 15) is 22.8 Å². The minimum Gasteiger partial charge on any atom is -0.299 e. The Bertz CT molecular complexity index is 490. The number of alkyl halides is 3. The van der Waals surface area contributed by atoms with Crippen molar-refractivity contribution < 1.29 is 22.8 Å². The van der Waals surface area contributed by atoms with E-state index in [1.165, 1.54) is 12.1 Å². The van der Waals surface area contributed by atoms with Gasteiger partial charge in [-0.05, 0) is 17.5 Å². The first kappa shape index (κ1) is 16.4. The average Bonchev–Trinajstić information content (AvgIpc) is 2.26. The van der Waals surface area contributed by atoms with Crippen LogP contribution in [0.4, 0.5) is 13.2 Å². The molecule has 110 valence electrons. The lowest BCUT2D eigenvalue weighted by atomic mass is 9.99. The molecular formula is C15H17F3O2. The number of benzene rings is 1. The van der Waals surface area contributed by atoms with Crippen molar-refractivity contribution in [1.82, 2.24) is 0 Å². The van der Waals surface area contributed by atoms with Gasteiger partial charge in [0.1, 0.15) is 11.6 Å². The zero-order valence-electron chi connectivity index (χ0n) is 11.5. The van der Waals surface area contributed by atoms with Crippen molar-refractivity contribution >= 4 is 11.6 Å². The Labute approximate surface area is 116 Å². The molecule has 0 amide bonds. The molecule has 0 spiro atoms. The number of carbonyl (C=O) groups excluding carboxylic acids is 2. The lowest BCUT2D eigenvalue weighted by Crippen LogP contribution is -2.12. The first-order valence-corrected chi connectivity index (χ1v) is 6.38. The van der Waals surface area contributed by atoms with E-state index in [1.54, 1.807) is 0 Å². The second kappa shape index (κ2) is 6.68. The summed E-state index contributed by atoms with van der Waals surface area (Å²) in [5.41, 5.74) is -0.501. The van der Waals surface area contributed by atoms with Gasteiger partial charge in [-0.25, -0.2) is 0 Å². The van der Waals surface area contributed by atoms with Gasteiger partial charge in [-0.15, -0.1) is 0 Å². The fourth-order valence-electron chi connectivity index (χ4n) is 1.90. The third-order valence-electron chi connectivity index (χ3n) is 2.69. The fraction of sp³-hybridized carbons (Fsp3) is 0.467. The Morgan fingerprint density at radius 3 is 2.35 bits per heavy atom. The van der Waals surface area contributed by atoms with E-state index in [1.807, 2.05) is 13.8 Å². The molecule has 0 atom stereocenters. The van der Waals surface area contributed by atoms with Crippen LogP contribution < -0.4 is 0 Å². The smallest absolute Gasteiger partial charge is 0.299 e. The van der Waals surface area contributed by atoms with E-state index in [2.05, 4.69) is 0 Å². The molecule has 0 aliphatic heterocycles. The van der Waals surface area contributed by atoms with Crippen molar-refractivity contribution in [2.75, 3.05) is 0 Å². The van der Waals surface area contributed by atoms with Crippen LogP contribution in [0.15, 0.2) is 24.3 Å². The van der Waals surface area contributed by atoms with E-state index < -0.39 is 11.7 Å². The van der Waals surface area contributed by atoms with Crippen LogP contribution in [-0.4, -0.2) is 11.6 Å². The summed E-state index contributed by atoms with van der Waals surface area (Å²) in [6.45, 7) is 3.74. The van der Waals surface area contributed by atoms with E-state index in [-0.39, 0.29) is 35.9 Å². The average molecular weight is 286 g/mol. The number of ketones is 2. The molecule has 0 unspecified atom stereocenters. The third-order valence-corrected chi connectivity index (χ3v) is 2.69. The summed E-state index contributed by atoms with van der Waals surface area (Å²) < 4.78 is 37.6. The van der Waals surface area contributed by atoms with Gasteiger partial charge < -0.3 is 0 Å². The predicted molar refractivity (Wildman–Crippen MR) is 69.2 cm³/mol. The van der Waals surface area contributed by atoms with Crippen LogP contribution in [0, 0.1) is 5.92 Å². The van der Waals surface area contributed by atoms with Gasteiger partial charge in [0.25, 0.3) is 0 Å². The molecule has 1 aromatic rings. The molecule has 0 bridgehead atoms. The highest BCUT2D eigenvalue weighted by Gasteiger charge is 2.30. The summed E-state index contributed by atoms with van der Waals surface area (Å²) in [5, 5.41) is 0. The van der Waals surface area contributed by atoms with Crippen molar-refractivity contribution in [1.29, 1.82) is 0 Å². The van der Waals surface area contributed by atoms with Crippen molar-refractivity contribution in [3.63, 3.8) is 0 Å². The van der Waals surface area contributed by atoms with Crippen LogP contribution in [0.3, 0.4) is 0 Å². The van der Waals surface area contributed by atoms with E-state index in [0.717, 1.165) is 12.1 Å². The van der Waals surface area contributed by atoms with Crippen molar-refractivity contribution in [2.45, 2.75) is 39.3 Å². The molecule has 0 aromatic heterocycles. The van der Waals surface area contributed by atoms with Crippen LogP contribution in [0.1, 0.15) is 37.8 Å². The number of halogens is 3. The number of Topliss-reactive ketones (excluding diaryl/α,β-unsaturated/α-hetero) is 2. The molecular weight excluding hydrogens is 269 g/mol. The largest absolute Gasteiger partial charge is 0.416 e. The monoisotopic (exact) mass is 286 g/mol. The van der Waals surface area contributed by atoms with E-state index >= 15 is 0 Å². The predicted octanol–water partition coefficient (Wildman–Crippen LogP) is 3.82. The van der Waals surface area contributed by atoms with Gasteiger partial charge in [-0.3, -0.25) is 9.59 Å². The number of carbonyl (C=O) groups is 2. The molecule has 0 heterocycles. The summed E-state index contributed by atoms with van der Waals surface area (Å²) in [7, 11) is 0. The maximum Gasteiger partial charge on any atom is 0.416 e. The molecule has 0 radical (unpaired) electrons. The summed E-state index contributed by atoms with van der Waals surface area (Å²) in [6.07, 6.45) is -4.47. The Morgan fingerprint density at radius 2 is 1.80 bits per heavy atom. The molecule has 2 nitrogen and oxygen atoms in total. The van der Waals surface area contributed by atoms with Gasteiger partial charge in [-0.2, -0.15) is 13.2 Å². The minimum absolute atomic E-state index is 0.145. The Morgan fingerprint density at radius 1 is 1.15 bits per heavy atom. The molecule has 0 N–H and O–H groups in total. The Hall–Kier alpha value is -1.65. The topological polar surface area (TPSA) is 34.1 Å². The normalized spacial score (nSPS) is 11.7. The summed E-state index contributed by atoms with van der Waals surface area (Å²) in [4.78, 5) is 23.1. The second-order valence-corrected chi connectivity index (χ2v) is 5.23. The van der Waals surface area contributed by atoms with Gasteiger partial charge in [0.05, 0.1) is 12.0 Å². The van der Waals surface area contributed by atoms with Gasteiger partial charge in [0.2, 0.25) is 0 Å². The SMILES string of the molecule is CC(C)CC(=O)CC(=O)Cc1cccc(C(F)(F)F)c1. The lowest BCUT2D eigenvalue weighted by molar-refractivity contribution is -0.137. The van der Waals surface area contributed by atoms with E-state index in [4.69, 9.17) is 0 Å². The molecule has 0 aliphatic carbocycles. The number of rotatable bonds is 6. The van der Waals surface area contributed by atoms with Crippen LogP contribution >= 0.6 is 0 Å². The van der Waals surface area contributed by atoms with E-state index in [0.29, 0.717) is 6.42 Å². The summed E-state index contributed by atoms with van der Waals surface area (Å²) in [6, 6.07) is 4.63. The Balaban J connectivity index is 2.65. The number of hydrogen-bond donors (Lipinski definition) is 0. The van der Waals surface area contributed by atoms with Crippen LogP contribution in [0.25, 0.3) is 0 Å². The highest BCUT2D eigenvalue weighted by molar-refractivity contribution is 5.99. The molecule has 5 heteroatoms. The molecule has 1 rings (SSSR count). The van der Waals surface area contributed by atoms with Gasteiger partial charge in [0, 0.05) is 12.8 Å². The van der Waals surface area contributed by atoms with Crippen LogP contribution in [-0.2, 0) is 22.2 Å². The third kappa shape index (κ3) is 5.55. The standard InChI is InChI=1S/C15H17F3O2/c1-10(2)6-13(19)9-14(20)8-11-4-3-5-12(7-11)15(16,17)18/h3-5,7,10H,6,8-9H2,1-2H3. The molecule has 0 aliphatic rings. The summed E-state index contributed by atoms with van der Waals surface area (Å²) in [5.74, 6) is -0.351. The van der Waals surface area contributed by atoms with Gasteiger partial charge >= 0.3 is 6.18 Å². The molecule has 0 fully saturated rings. The molecule has 0 saturated carbocycles. The highest BCUT2D eigenvalue weighted by atomic mass is 19.4. The first-order valence-electron chi connectivity index (χ1n) is 6.38. The van der Waals surface area contributed by atoms with Crippen LogP contribution in [0.2, 0.25) is 0 Å². The maximum absolute atomic E-state index is 12.5. The fourth-order valence-corrected chi connectivity index (χ4v) is 1.90. The first-order chi connectivity index (χ1) is 9.18. The Kier molecular flexibility index (Phi) is 5.48. The zero-order chi connectivity index (χ0) is 15.3. The van der Waals surface area contributed by atoms with Gasteiger partial charge in [-0.1, -0.05) is 32.0 Å². The second-order valence-electron chi connectivity index (χ2n) is 5.23. The quantitative estimate of drug-likeness (QED) is 0.745. The molecule has 20 heavy (non-hydrogen) atoms. The van der Waals surface area contributed by atoms with Crippen molar-refractivity contribution in [3.8, 4) is 0 Å².